The highest BCUT2D eigenvalue weighted by Gasteiger charge is 2.14. The molecule has 0 saturated heterocycles. The first-order valence-corrected chi connectivity index (χ1v) is 5.10. The first-order valence-electron chi connectivity index (χ1n) is 4.72. The molecule has 1 rings (SSSR count). The van der Waals surface area contributed by atoms with Crippen LogP contribution >= 0.6 is 11.6 Å². The Hall–Kier alpha value is -1.22. The van der Waals surface area contributed by atoms with Crippen LogP contribution < -0.4 is 4.74 Å². The molecule has 0 saturated carbocycles. The van der Waals surface area contributed by atoms with Gasteiger partial charge in [-0.2, -0.15) is 0 Å². The molecule has 0 heterocycles. The minimum atomic E-state index is -1.02. The van der Waals surface area contributed by atoms with Crippen molar-refractivity contribution in [1.82, 2.24) is 0 Å². The molecule has 0 aliphatic carbocycles. The summed E-state index contributed by atoms with van der Waals surface area (Å²) in [6.45, 7) is 4.25. The molecule has 1 aromatic rings. The van der Waals surface area contributed by atoms with E-state index >= 15 is 0 Å². The number of aromatic carboxylic acids is 1. The number of carboxylic acid groups (broad SMARTS) is 1. The molecule has 0 aliphatic heterocycles. The zero-order valence-electron chi connectivity index (χ0n) is 8.71. The molecular formula is C11H13ClO3. The van der Waals surface area contributed by atoms with Crippen molar-refractivity contribution >= 4 is 17.6 Å². The van der Waals surface area contributed by atoms with E-state index in [-0.39, 0.29) is 5.56 Å². The topological polar surface area (TPSA) is 46.5 Å². The lowest BCUT2D eigenvalue weighted by atomic mass is 10.1. The van der Waals surface area contributed by atoms with Gasteiger partial charge in [-0.1, -0.05) is 18.5 Å². The van der Waals surface area contributed by atoms with Gasteiger partial charge in [0.1, 0.15) is 11.3 Å². The van der Waals surface area contributed by atoms with Crippen LogP contribution in [0, 0.1) is 6.92 Å². The summed E-state index contributed by atoms with van der Waals surface area (Å²) in [7, 11) is 0. The van der Waals surface area contributed by atoms with Gasteiger partial charge in [0.2, 0.25) is 0 Å². The molecule has 0 aliphatic rings. The number of benzene rings is 1. The normalized spacial score (nSPS) is 10.1. The van der Waals surface area contributed by atoms with Crippen molar-refractivity contribution in [3.05, 3.63) is 28.3 Å². The minimum Gasteiger partial charge on any atom is -0.492 e. The summed E-state index contributed by atoms with van der Waals surface area (Å²) >= 11 is 5.78. The maximum atomic E-state index is 11.0. The summed E-state index contributed by atoms with van der Waals surface area (Å²) in [6.07, 6.45) is 0.834. The average Bonchev–Trinajstić information content (AvgIpc) is 2.15. The van der Waals surface area contributed by atoms with Crippen LogP contribution in [0.2, 0.25) is 5.02 Å². The number of carbonyl (C=O) groups is 1. The standard InChI is InChI=1S/C11H13ClO3/c1-3-4-15-10-7(2)5-8(12)6-9(10)11(13)14/h5-6H,3-4H2,1-2H3,(H,13,14). The average molecular weight is 229 g/mol. The second kappa shape index (κ2) is 5.03. The largest absolute Gasteiger partial charge is 0.492 e. The predicted molar refractivity (Wildman–Crippen MR) is 58.9 cm³/mol. The smallest absolute Gasteiger partial charge is 0.339 e. The molecule has 1 aromatic carbocycles. The van der Waals surface area contributed by atoms with Crippen LogP contribution in [0.25, 0.3) is 0 Å². The fraction of sp³-hybridized carbons (Fsp3) is 0.364. The predicted octanol–water partition coefficient (Wildman–Crippen LogP) is 3.14. The fourth-order valence-electron chi connectivity index (χ4n) is 1.28. The van der Waals surface area contributed by atoms with E-state index in [9.17, 15) is 4.79 Å². The highest BCUT2D eigenvalue weighted by molar-refractivity contribution is 6.31. The zero-order valence-corrected chi connectivity index (χ0v) is 9.47. The van der Waals surface area contributed by atoms with E-state index in [1.807, 2.05) is 6.92 Å². The van der Waals surface area contributed by atoms with Crippen molar-refractivity contribution in [2.45, 2.75) is 20.3 Å². The van der Waals surface area contributed by atoms with Gasteiger partial charge in [0.05, 0.1) is 6.61 Å². The molecule has 3 nitrogen and oxygen atoms in total. The fourth-order valence-corrected chi connectivity index (χ4v) is 1.56. The summed E-state index contributed by atoms with van der Waals surface area (Å²) in [5.74, 6) is -0.611. The Kier molecular flexibility index (Phi) is 3.97. The first-order chi connectivity index (χ1) is 7.06. The molecule has 0 aromatic heterocycles. The summed E-state index contributed by atoms with van der Waals surface area (Å²) in [5, 5.41) is 9.39. The van der Waals surface area contributed by atoms with Gasteiger partial charge >= 0.3 is 5.97 Å². The summed E-state index contributed by atoms with van der Waals surface area (Å²) in [6, 6.07) is 3.10. The lowest BCUT2D eigenvalue weighted by molar-refractivity contribution is 0.0692. The molecule has 0 atom stereocenters. The molecular weight excluding hydrogens is 216 g/mol. The molecule has 1 N–H and O–H groups in total. The molecule has 0 spiro atoms. The minimum absolute atomic E-state index is 0.119. The maximum absolute atomic E-state index is 11.0. The van der Waals surface area contributed by atoms with Crippen molar-refractivity contribution in [3.63, 3.8) is 0 Å². The summed E-state index contributed by atoms with van der Waals surface area (Å²) < 4.78 is 5.39. The van der Waals surface area contributed by atoms with E-state index in [2.05, 4.69) is 0 Å². The van der Waals surface area contributed by atoms with Crippen LogP contribution in [0.4, 0.5) is 0 Å². The van der Waals surface area contributed by atoms with Crippen LogP contribution in [0.1, 0.15) is 29.3 Å². The van der Waals surface area contributed by atoms with Crippen molar-refractivity contribution in [1.29, 1.82) is 0 Å². The van der Waals surface area contributed by atoms with Gasteiger partial charge < -0.3 is 9.84 Å². The van der Waals surface area contributed by atoms with Crippen LogP contribution in [0.15, 0.2) is 12.1 Å². The Morgan fingerprint density at radius 3 is 2.73 bits per heavy atom. The second-order valence-corrected chi connectivity index (χ2v) is 3.69. The summed E-state index contributed by atoms with van der Waals surface area (Å²) in [4.78, 5) is 11.0. The third-order valence-electron chi connectivity index (χ3n) is 1.92. The Balaban J connectivity index is 3.15. The number of halogens is 1. The third kappa shape index (κ3) is 2.86. The lowest BCUT2D eigenvalue weighted by Gasteiger charge is -2.11. The van der Waals surface area contributed by atoms with E-state index in [4.69, 9.17) is 21.4 Å². The second-order valence-electron chi connectivity index (χ2n) is 3.25. The quantitative estimate of drug-likeness (QED) is 0.861. The van der Waals surface area contributed by atoms with Gasteiger partial charge in [-0.15, -0.1) is 0 Å². The molecule has 0 unspecified atom stereocenters. The summed E-state index contributed by atoms with van der Waals surface area (Å²) in [5.41, 5.74) is 0.863. The highest BCUT2D eigenvalue weighted by atomic mass is 35.5. The SMILES string of the molecule is CCCOc1c(C)cc(Cl)cc1C(=O)O. The Bertz CT molecular complexity index is 374. The van der Waals surface area contributed by atoms with E-state index in [1.54, 1.807) is 13.0 Å². The number of hydrogen-bond acceptors (Lipinski definition) is 2. The Labute approximate surface area is 93.6 Å². The van der Waals surface area contributed by atoms with Crippen molar-refractivity contribution in [3.8, 4) is 5.75 Å². The monoisotopic (exact) mass is 228 g/mol. The van der Waals surface area contributed by atoms with Crippen LogP contribution in [0.3, 0.4) is 0 Å². The molecule has 0 amide bonds. The Morgan fingerprint density at radius 1 is 1.53 bits per heavy atom. The van der Waals surface area contributed by atoms with Crippen molar-refractivity contribution in [2.75, 3.05) is 6.61 Å². The molecule has 4 heteroatoms. The number of rotatable bonds is 4. The number of ether oxygens (including phenoxy) is 1. The molecule has 0 radical (unpaired) electrons. The van der Waals surface area contributed by atoms with Gasteiger partial charge in [-0.05, 0) is 31.0 Å². The number of hydrogen-bond donors (Lipinski definition) is 1. The lowest BCUT2D eigenvalue weighted by Crippen LogP contribution is -2.05. The Morgan fingerprint density at radius 2 is 2.20 bits per heavy atom. The van der Waals surface area contributed by atoms with E-state index in [1.165, 1.54) is 6.07 Å². The number of carboxylic acids is 1. The zero-order chi connectivity index (χ0) is 11.4. The van der Waals surface area contributed by atoms with Gasteiger partial charge in [-0.3, -0.25) is 0 Å². The highest BCUT2D eigenvalue weighted by Crippen LogP contribution is 2.27. The molecule has 15 heavy (non-hydrogen) atoms. The van der Waals surface area contributed by atoms with Gasteiger partial charge in [-0.25, -0.2) is 4.79 Å². The third-order valence-corrected chi connectivity index (χ3v) is 2.14. The van der Waals surface area contributed by atoms with Gasteiger partial charge in [0.15, 0.2) is 0 Å². The van der Waals surface area contributed by atoms with E-state index in [0.29, 0.717) is 17.4 Å². The molecule has 82 valence electrons. The van der Waals surface area contributed by atoms with Crippen molar-refractivity contribution in [2.24, 2.45) is 0 Å². The molecule has 0 fully saturated rings. The van der Waals surface area contributed by atoms with Gasteiger partial charge in [0, 0.05) is 5.02 Å². The van der Waals surface area contributed by atoms with E-state index < -0.39 is 5.97 Å². The van der Waals surface area contributed by atoms with Gasteiger partial charge in [0.25, 0.3) is 0 Å². The van der Waals surface area contributed by atoms with E-state index in [0.717, 1.165) is 12.0 Å². The van der Waals surface area contributed by atoms with Crippen molar-refractivity contribution < 1.29 is 14.6 Å². The van der Waals surface area contributed by atoms with Crippen LogP contribution in [-0.4, -0.2) is 17.7 Å². The molecule has 0 bridgehead atoms. The maximum Gasteiger partial charge on any atom is 0.339 e. The van der Waals surface area contributed by atoms with Crippen LogP contribution in [-0.2, 0) is 0 Å². The first kappa shape index (κ1) is 11.9. The van der Waals surface area contributed by atoms with Crippen LogP contribution in [0.5, 0.6) is 5.75 Å². The number of aryl methyl sites for hydroxylation is 1.